The van der Waals surface area contributed by atoms with E-state index in [0.29, 0.717) is 38.2 Å². The Morgan fingerprint density at radius 3 is 2.63 bits per heavy atom. The second kappa shape index (κ2) is 5.91. The molecule has 0 aliphatic carbocycles. The molecule has 4 rings (SSSR count). The zero-order valence-corrected chi connectivity index (χ0v) is 14.8. The van der Waals surface area contributed by atoms with Crippen molar-refractivity contribution in [3.05, 3.63) is 59.3 Å². The van der Waals surface area contributed by atoms with Gasteiger partial charge in [0.2, 0.25) is 0 Å². The Hall–Kier alpha value is -2.68. The molecular weight excluding hydrogens is 383 g/mol. The first-order chi connectivity index (χ1) is 12.7. The fourth-order valence-corrected chi connectivity index (χ4v) is 4.23. The minimum atomic E-state index is -5.52. The maximum absolute atomic E-state index is 13.1. The normalized spacial score (nSPS) is 18.2. The van der Waals surface area contributed by atoms with Crippen molar-refractivity contribution in [2.45, 2.75) is 11.4 Å². The van der Waals surface area contributed by atoms with Crippen LogP contribution in [0.25, 0.3) is 6.08 Å². The highest BCUT2D eigenvalue weighted by Gasteiger charge is 2.50. The molecule has 27 heavy (non-hydrogen) atoms. The van der Waals surface area contributed by atoms with Gasteiger partial charge in [-0.2, -0.15) is 21.6 Å². The summed E-state index contributed by atoms with van der Waals surface area (Å²) >= 11 is 0. The van der Waals surface area contributed by atoms with Crippen LogP contribution in [0.2, 0.25) is 0 Å². The van der Waals surface area contributed by atoms with E-state index in [0.717, 1.165) is 6.20 Å². The number of benzene rings is 2. The minimum absolute atomic E-state index is 0.343. The molecule has 2 aliphatic heterocycles. The van der Waals surface area contributed by atoms with Crippen molar-refractivity contribution < 1.29 is 31.1 Å². The van der Waals surface area contributed by atoms with E-state index in [1.54, 1.807) is 36.4 Å². The second-order valence-corrected chi connectivity index (χ2v) is 8.01. The molecule has 0 saturated heterocycles. The van der Waals surface area contributed by atoms with Crippen molar-refractivity contribution in [1.82, 2.24) is 4.31 Å². The SMILES string of the molecule is COc1ccc2c3c1Oc1ccccc1C3CN(S(=O)(=O)C(F)(F)F)C=C2. The smallest absolute Gasteiger partial charge is 0.493 e. The van der Waals surface area contributed by atoms with Crippen LogP contribution in [0.15, 0.2) is 42.6 Å². The van der Waals surface area contributed by atoms with Crippen LogP contribution < -0.4 is 9.47 Å². The molecule has 0 bridgehead atoms. The summed E-state index contributed by atoms with van der Waals surface area (Å²) in [5.74, 6) is 0.627. The number of ether oxygens (including phenoxy) is 2. The first-order valence-corrected chi connectivity index (χ1v) is 9.42. The van der Waals surface area contributed by atoms with Crippen LogP contribution in [-0.2, 0) is 10.0 Å². The van der Waals surface area contributed by atoms with Crippen LogP contribution in [0, 0.1) is 0 Å². The van der Waals surface area contributed by atoms with Crippen LogP contribution in [0.5, 0.6) is 17.2 Å². The van der Waals surface area contributed by atoms with Gasteiger partial charge in [0.05, 0.1) is 7.11 Å². The average molecular weight is 397 g/mol. The Morgan fingerprint density at radius 2 is 1.93 bits per heavy atom. The van der Waals surface area contributed by atoms with Crippen molar-refractivity contribution >= 4 is 16.1 Å². The van der Waals surface area contributed by atoms with Crippen molar-refractivity contribution in [3.63, 3.8) is 0 Å². The molecule has 5 nitrogen and oxygen atoms in total. The molecule has 0 saturated carbocycles. The third-order valence-corrected chi connectivity index (χ3v) is 6.13. The van der Waals surface area contributed by atoms with Gasteiger partial charge >= 0.3 is 15.5 Å². The van der Waals surface area contributed by atoms with Gasteiger partial charge in [-0.3, -0.25) is 4.31 Å². The zero-order chi connectivity index (χ0) is 19.4. The summed E-state index contributed by atoms with van der Waals surface area (Å²) in [6, 6.07) is 10.2. The lowest BCUT2D eigenvalue weighted by Gasteiger charge is -2.32. The minimum Gasteiger partial charge on any atom is -0.493 e. The lowest BCUT2D eigenvalue weighted by molar-refractivity contribution is -0.0477. The van der Waals surface area contributed by atoms with E-state index in [9.17, 15) is 21.6 Å². The number of rotatable bonds is 2. The maximum atomic E-state index is 13.1. The Morgan fingerprint density at radius 1 is 1.19 bits per heavy atom. The number of nitrogens with zero attached hydrogens (tertiary/aromatic N) is 1. The lowest BCUT2D eigenvalue weighted by atomic mass is 9.85. The molecule has 0 radical (unpaired) electrons. The van der Waals surface area contributed by atoms with Crippen molar-refractivity contribution in [3.8, 4) is 17.2 Å². The van der Waals surface area contributed by atoms with Gasteiger partial charge in [0.25, 0.3) is 0 Å². The van der Waals surface area contributed by atoms with Gasteiger partial charge in [0.1, 0.15) is 5.75 Å². The number of hydrogen-bond donors (Lipinski definition) is 0. The summed E-state index contributed by atoms with van der Waals surface area (Å²) in [4.78, 5) is 0. The molecule has 0 fully saturated rings. The molecule has 2 aromatic rings. The average Bonchev–Trinajstić information content (AvgIpc) is 2.83. The summed E-state index contributed by atoms with van der Waals surface area (Å²) in [6.07, 6.45) is 2.30. The fraction of sp³-hybridized carbons (Fsp3) is 0.222. The van der Waals surface area contributed by atoms with Crippen molar-refractivity contribution in [1.29, 1.82) is 0 Å². The third kappa shape index (κ3) is 2.64. The quantitative estimate of drug-likeness (QED) is 0.767. The molecule has 2 heterocycles. The molecule has 0 aromatic heterocycles. The Kier molecular flexibility index (Phi) is 3.88. The van der Waals surface area contributed by atoms with Crippen LogP contribution in [-0.4, -0.2) is 31.9 Å². The van der Waals surface area contributed by atoms with E-state index >= 15 is 0 Å². The maximum Gasteiger partial charge on any atom is 0.516 e. The van der Waals surface area contributed by atoms with Crippen LogP contribution in [0.3, 0.4) is 0 Å². The molecule has 0 spiro atoms. The molecular formula is C18H14F3NO4S. The van der Waals surface area contributed by atoms with Crippen molar-refractivity contribution in [2.75, 3.05) is 13.7 Å². The Bertz CT molecular complexity index is 1050. The fourth-order valence-electron chi connectivity index (χ4n) is 3.40. The van der Waals surface area contributed by atoms with Gasteiger partial charge in [-0.1, -0.05) is 24.3 Å². The summed E-state index contributed by atoms with van der Waals surface area (Å²) in [7, 11) is -4.05. The molecule has 9 heteroatoms. The predicted molar refractivity (Wildman–Crippen MR) is 92.1 cm³/mol. The van der Waals surface area contributed by atoms with Crippen LogP contribution in [0.4, 0.5) is 13.2 Å². The number of sulfonamides is 1. The number of para-hydroxylation sites is 1. The predicted octanol–water partition coefficient (Wildman–Crippen LogP) is 4.07. The van der Waals surface area contributed by atoms with Crippen LogP contribution in [0.1, 0.15) is 22.6 Å². The highest BCUT2D eigenvalue weighted by Crippen LogP contribution is 2.51. The van der Waals surface area contributed by atoms with E-state index in [1.807, 2.05) is 0 Å². The molecule has 1 unspecified atom stereocenters. The van der Waals surface area contributed by atoms with Gasteiger partial charge in [-0.05, 0) is 23.8 Å². The van der Waals surface area contributed by atoms with Gasteiger partial charge in [-0.25, -0.2) is 0 Å². The number of fused-ring (bicyclic) bond motifs is 2. The first kappa shape index (κ1) is 17.7. The molecule has 142 valence electrons. The lowest BCUT2D eigenvalue weighted by Crippen LogP contribution is -2.39. The van der Waals surface area contributed by atoms with E-state index in [1.165, 1.54) is 13.2 Å². The number of methoxy groups -OCH3 is 1. The molecule has 2 aliphatic rings. The molecule has 1 atom stereocenters. The number of halogens is 3. The summed E-state index contributed by atoms with van der Waals surface area (Å²) < 4.78 is 75.0. The van der Waals surface area contributed by atoms with E-state index in [-0.39, 0.29) is 0 Å². The standard InChI is InChI=1S/C18H14F3NO4S/c1-25-15-7-6-11-8-9-22(27(23,24)18(19,20)21)10-13-12-4-2-3-5-14(12)26-17(15)16(11)13/h2-9,13H,10H2,1H3. The topological polar surface area (TPSA) is 55.8 Å². The number of alkyl halides is 3. The Balaban J connectivity index is 1.93. The first-order valence-electron chi connectivity index (χ1n) is 7.98. The number of hydrogen-bond acceptors (Lipinski definition) is 4. The molecule has 2 aromatic carbocycles. The van der Waals surface area contributed by atoms with Gasteiger partial charge in [-0.15, -0.1) is 0 Å². The van der Waals surface area contributed by atoms with E-state index < -0.39 is 28.0 Å². The summed E-state index contributed by atoms with van der Waals surface area (Å²) in [5.41, 5.74) is -3.60. The molecule has 0 N–H and O–H groups in total. The van der Waals surface area contributed by atoms with E-state index in [4.69, 9.17) is 9.47 Å². The van der Waals surface area contributed by atoms with E-state index in [2.05, 4.69) is 0 Å². The highest BCUT2D eigenvalue weighted by atomic mass is 32.2. The molecule has 0 amide bonds. The summed E-state index contributed by atoms with van der Waals surface area (Å²) in [6.45, 7) is -0.397. The second-order valence-electron chi connectivity index (χ2n) is 6.13. The zero-order valence-electron chi connectivity index (χ0n) is 14.0. The van der Waals surface area contributed by atoms with Crippen molar-refractivity contribution in [2.24, 2.45) is 0 Å². The highest BCUT2D eigenvalue weighted by molar-refractivity contribution is 7.90. The monoisotopic (exact) mass is 397 g/mol. The Labute approximate surface area is 153 Å². The van der Waals surface area contributed by atoms with Gasteiger partial charge in [0.15, 0.2) is 11.5 Å². The third-order valence-electron chi connectivity index (χ3n) is 4.65. The summed E-state index contributed by atoms with van der Waals surface area (Å²) in [5, 5.41) is 0. The van der Waals surface area contributed by atoms with Gasteiger partial charge < -0.3 is 9.47 Å². The van der Waals surface area contributed by atoms with Crippen LogP contribution >= 0.6 is 0 Å². The van der Waals surface area contributed by atoms with Gasteiger partial charge in [0, 0.05) is 29.8 Å². The largest absolute Gasteiger partial charge is 0.516 e.